The van der Waals surface area contributed by atoms with E-state index >= 15 is 0 Å². The van der Waals surface area contributed by atoms with Crippen LogP contribution < -0.4 is 10.1 Å². The van der Waals surface area contributed by atoms with Crippen molar-refractivity contribution in [1.82, 2.24) is 20.1 Å². The second kappa shape index (κ2) is 10.1. The summed E-state index contributed by atoms with van der Waals surface area (Å²) >= 11 is 4.65. The minimum absolute atomic E-state index is 0.150. The molecule has 0 unspecified atom stereocenters. The number of methoxy groups -OCH3 is 1. The highest BCUT2D eigenvalue weighted by atomic mass is 32.2. The molecule has 0 spiro atoms. The molecule has 0 atom stereocenters. The summed E-state index contributed by atoms with van der Waals surface area (Å²) in [7, 11) is 1.63. The zero-order valence-electron chi connectivity index (χ0n) is 18.1. The Balaban J connectivity index is 1.12. The van der Waals surface area contributed by atoms with Crippen molar-refractivity contribution in [2.75, 3.05) is 31.3 Å². The Morgan fingerprint density at radius 2 is 1.91 bits per heavy atom. The number of hydrogen-bond acceptors (Lipinski definition) is 9. The smallest absolute Gasteiger partial charge is 0.233 e. The molecule has 1 aliphatic rings. The first kappa shape index (κ1) is 22.1. The van der Waals surface area contributed by atoms with Gasteiger partial charge in [0.05, 0.1) is 33.8 Å². The molecule has 4 aromatic rings. The van der Waals surface area contributed by atoms with Crippen LogP contribution in [0.2, 0.25) is 0 Å². The Bertz CT molecular complexity index is 1220. The van der Waals surface area contributed by atoms with Gasteiger partial charge in [-0.25, -0.2) is 4.98 Å². The zero-order chi connectivity index (χ0) is 22.6. The first-order valence-corrected chi connectivity index (χ1v) is 13.3. The molecule has 33 heavy (non-hydrogen) atoms. The number of fused-ring (bicyclic) bond motifs is 1. The fraction of sp³-hybridized carbons (Fsp3) is 0.304. The van der Waals surface area contributed by atoms with E-state index in [0.29, 0.717) is 16.8 Å². The Hall–Kier alpha value is -2.69. The summed E-state index contributed by atoms with van der Waals surface area (Å²) in [5.41, 5.74) is 1.91. The summed E-state index contributed by atoms with van der Waals surface area (Å²) in [5.74, 6) is 1.70. The molecule has 2 aromatic carbocycles. The molecule has 10 heteroatoms. The SMILES string of the molecule is COc1ccccc1Nc1nnc(SCC(=O)N2CCC(c3nc4ccccc4s3)CC2)s1. The molecule has 3 heterocycles. The third-order valence-electron chi connectivity index (χ3n) is 5.58. The average Bonchev–Trinajstić information content (AvgIpc) is 3.50. The van der Waals surface area contributed by atoms with Crippen molar-refractivity contribution < 1.29 is 9.53 Å². The fourth-order valence-electron chi connectivity index (χ4n) is 3.84. The lowest BCUT2D eigenvalue weighted by Crippen LogP contribution is -2.38. The predicted octanol–water partition coefficient (Wildman–Crippen LogP) is 5.40. The molecule has 5 rings (SSSR count). The first-order chi connectivity index (χ1) is 16.2. The Labute approximate surface area is 204 Å². The van der Waals surface area contributed by atoms with Gasteiger partial charge in [0.15, 0.2) is 4.34 Å². The lowest BCUT2D eigenvalue weighted by Gasteiger charge is -2.31. The van der Waals surface area contributed by atoms with Gasteiger partial charge in [0.25, 0.3) is 0 Å². The second-order valence-electron chi connectivity index (χ2n) is 7.66. The van der Waals surface area contributed by atoms with Gasteiger partial charge in [-0.3, -0.25) is 4.79 Å². The topological polar surface area (TPSA) is 80.2 Å². The van der Waals surface area contributed by atoms with Crippen molar-refractivity contribution in [3.05, 3.63) is 53.5 Å². The molecule has 1 aliphatic heterocycles. The average molecular weight is 498 g/mol. The summed E-state index contributed by atoms with van der Waals surface area (Å²) in [4.78, 5) is 19.5. The van der Waals surface area contributed by atoms with E-state index in [4.69, 9.17) is 9.72 Å². The van der Waals surface area contributed by atoms with Gasteiger partial charge in [-0.15, -0.1) is 21.5 Å². The minimum Gasteiger partial charge on any atom is -0.495 e. The number of para-hydroxylation sites is 3. The normalized spacial score (nSPS) is 14.5. The molecule has 2 aromatic heterocycles. The minimum atomic E-state index is 0.150. The van der Waals surface area contributed by atoms with Crippen molar-refractivity contribution in [1.29, 1.82) is 0 Å². The van der Waals surface area contributed by atoms with Gasteiger partial charge in [0, 0.05) is 19.0 Å². The van der Waals surface area contributed by atoms with Crippen molar-refractivity contribution in [2.45, 2.75) is 23.1 Å². The molecule has 0 saturated carbocycles. The van der Waals surface area contributed by atoms with E-state index in [1.807, 2.05) is 35.2 Å². The number of benzene rings is 2. The molecule has 1 N–H and O–H groups in total. The van der Waals surface area contributed by atoms with Crippen LogP contribution in [0.15, 0.2) is 52.9 Å². The summed E-state index contributed by atoms with van der Waals surface area (Å²) in [5, 5.41) is 13.5. The van der Waals surface area contributed by atoms with Gasteiger partial charge < -0.3 is 15.0 Å². The zero-order valence-corrected chi connectivity index (χ0v) is 20.5. The number of piperidine rings is 1. The Morgan fingerprint density at radius 1 is 1.12 bits per heavy atom. The summed E-state index contributed by atoms with van der Waals surface area (Å²) in [6.07, 6.45) is 1.92. The lowest BCUT2D eigenvalue weighted by molar-refractivity contribution is -0.129. The van der Waals surface area contributed by atoms with Crippen LogP contribution in [0, 0.1) is 0 Å². The number of rotatable bonds is 7. The highest BCUT2D eigenvalue weighted by Gasteiger charge is 2.26. The molecular weight excluding hydrogens is 474 g/mol. The molecule has 170 valence electrons. The van der Waals surface area contributed by atoms with E-state index in [1.165, 1.54) is 32.8 Å². The third kappa shape index (κ3) is 5.13. The largest absolute Gasteiger partial charge is 0.495 e. The molecular formula is C23H23N5O2S3. The Morgan fingerprint density at radius 3 is 2.73 bits per heavy atom. The number of ether oxygens (including phenoxy) is 1. The number of likely N-dealkylation sites (tertiary alicyclic amines) is 1. The standard InChI is InChI=1S/C23H23N5O2S3/c1-30-18-8-4-2-6-16(18)25-22-26-27-23(33-22)31-14-20(29)28-12-10-15(11-13-28)21-24-17-7-3-5-9-19(17)32-21/h2-9,15H,10-14H2,1H3,(H,25,26). The maximum absolute atomic E-state index is 12.8. The van der Waals surface area contributed by atoms with Gasteiger partial charge in [0.2, 0.25) is 11.0 Å². The number of thiazole rings is 1. The number of hydrogen-bond donors (Lipinski definition) is 1. The number of anilines is 2. The Kier molecular flexibility index (Phi) is 6.75. The first-order valence-electron chi connectivity index (χ1n) is 10.7. The van der Waals surface area contributed by atoms with Crippen molar-refractivity contribution in [3.63, 3.8) is 0 Å². The highest BCUT2D eigenvalue weighted by Crippen LogP contribution is 2.35. The molecule has 0 radical (unpaired) electrons. The van der Waals surface area contributed by atoms with Crippen LogP contribution in [0.25, 0.3) is 10.2 Å². The molecule has 1 saturated heterocycles. The molecule has 0 aliphatic carbocycles. The quantitative estimate of drug-likeness (QED) is 0.343. The number of thioether (sulfide) groups is 1. The maximum Gasteiger partial charge on any atom is 0.233 e. The maximum atomic E-state index is 12.8. The van der Waals surface area contributed by atoms with E-state index < -0.39 is 0 Å². The second-order valence-corrected chi connectivity index (χ2v) is 10.9. The number of carbonyl (C=O) groups is 1. The summed E-state index contributed by atoms with van der Waals surface area (Å²) < 4.78 is 7.36. The molecule has 7 nitrogen and oxygen atoms in total. The number of nitrogens with one attached hydrogen (secondary N) is 1. The van der Waals surface area contributed by atoms with E-state index in [2.05, 4.69) is 33.7 Å². The van der Waals surface area contributed by atoms with Crippen molar-refractivity contribution >= 4 is 61.4 Å². The number of amides is 1. The van der Waals surface area contributed by atoms with Crippen LogP contribution in [-0.2, 0) is 4.79 Å². The van der Waals surface area contributed by atoms with Crippen LogP contribution in [0.1, 0.15) is 23.8 Å². The van der Waals surface area contributed by atoms with E-state index in [-0.39, 0.29) is 5.91 Å². The van der Waals surface area contributed by atoms with Gasteiger partial charge in [0.1, 0.15) is 5.75 Å². The van der Waals surface area contributed by atoms with Gasteiger partial charge in [-0.05, 0) is 37.1 Å². The highest BCUT2D eigenvalue weighted by molar-refractivity contribution is 8.01. The number of nitrogens with zero attached hydrogens (tertiary/aromatic N) is 4. The van der Waals surface area contributed by atoms with Gasteiger partial charge in [-0.2, -0.15) is 0 Å². The predicted molar refractivity (Wildman–Crippen MR) is 135 cm³/mol. The van der Waals surface area contributed by atoms with Gasteiger partial charge in [-0.1, -0.05) is 47.4 Å². The fourth-order valence-corrected chi connectivity index (χ4v) is 6.64. The van der Waals surface area contributed by atoms with Crippen LogP contribution in [0.5, 0.6) is 5.75 Å². The monoisotopic (exact) mass is 497 g/mol. The van der Waals surface area contributed by atoms with Crippen molar-refractivity contribution in [2.24, 2.45) is 0 Å². The van der Waals surface area contributed by atoms with Gasteiger partial charge >= 0.3 is 0 Å². The third-order valence-corrected chi connectivity index (χ3v) is 8.74. The number of aromatic nitrogens is 3. The molecule has 0 bridgehead atoms. The van der Waals surface area contributed by atoms with E-state index in [9.17, 15) is 4.79 Å². The summed E-state index contributed by atoms with van der Waals surface area (Å²) in [6.45, 7) is 1.55. The van der Waals surface area contributed by atoms with Crippen LogP contribution in [-0.4, -0.2) is 51.9 Å². The van der Waals surface area contributed by atoms with E-state index in [1.54, 1.807) is 18.4 Å². The van der Waals surface area contributed by atoms with Crippen molar-refractivity contribution in [3.8, 4) is 5.75 Å². The summed E-state index contributed by atoms with van der Waals surface area (Å²) in [6, 6.07) is 15.9. The number of carbonyl (C=O) groups excluding carboxylic acids is 1. The lowest BCUT2D eigenvalue weighted by atomic mass is 9.97. The van der Waals surface area contributed by atoms with Crippen LogP contribution in [0.4, 0.5) is 10.8 Å². The van der Waals surface area contributed by atoms with Crippen LogP contribution >= 0.6 is 34.4 Å². The van der Waals surface area contributed by atoms with Crippen LogP contribution in [0.3, 0.4) is 0 Å². The molecule has 1 amide bonds. The molecule has 1 fully saturated rings. The van der Waals surface area contributed by atoms with E-state index in [0.717, 1.165) is 47.2 Å².